The van der Waals surface area contributed by atoms with Crippen molar-refractivity contribution in [3.8, 4) is 11.5 Å². The van der Waals surface area contributed by atoms with E-state index in [2.05, 4.69) is 46.9 Å². The number of hydrogen-bond donors (Lipinski definition) is 0. The Hall–Kier alpha value is -1.48. The number of hydrogen-bond acceptors (Lipinski definition) is 2. The van der Waals surface area contributed by atoms with Crippen LogP contribution in [0.5, 0.6) is 11.5 Å². The minimum absolute atomic E-state index is 0.577. The molecule has 0 saturated heterocycles. The highest BCUT2D eigenvalue weighted by molar-refractivity contribution is 9.10. The number of anilines is 1. The molecular weight excluding hydrogens is 314 g/mol. The van der Waals surface area contributed by atoms with Crippen molar-refractivity contribution in [1.82, 2.24) is 0 Å². The summed E-state index contributed by atoms with van der Waals surface area (Å²) in [4.78, 5) is 2.34. The van der Waals surface area contributed by atoms with Gasteiger partial charge in [0.1, 0.15) is 11.5 Å². The molecule has 3 rings (SSSR count). The molecule has 0 aliphatic carbocycles. The van der Waals surface area contributed by atoms with Gasteiger partial charge in [-0.15, -0.1) is 0 Å². The molecule has 0 spiro atoms. The van der Waals surface area contributed by atoms with Crippen LogP contribution >= 0.6 is 15.9 Å². The van der Waals surface area contributed by atoms with Gasteiger partial charge >= 0.3 is 0 Å². The molecule has 3 heteroatoms. The summed E-state index contributed by atoms with van der Waals surface area (Å²) in [6.45, 7) is 2.27. The van der Waals surface area contributed by atoms with Crippen molar-refractivity contribution >= 4 is 21.6 Å². The zero-order chi connectivity index (χ0) is 14.1. The summed E-state index contributed by atoms with van der Waals surface area (Å²) in [5, 5.41) is 0. The molecule has 0 bridgehead atoms. The fraction of sp³-hybridized carbons (Fsp3) is 0.294. The number of benzene rings is 2. The Kier molecular flexibility index (Phi) is 3.70. The summed E-state index contributed by atoms with van der Waals surface area (Å²) in [7, 11) is 2.16. The zero-order valence-electron chi connectivity index (χ0n) is 11.8. The van der Waals surface area contributed by atoms with Gasteiger partial charge in [0.2, 0.25) is 0 Å². The Morgan fingerprint density at radius 2 is 1.90 bits per heavy atom. The minimum atomic E-state index is 0.577. The molecule has 0 N–H and O–H groups in total. The van der Waals surface area contributed by atoms with Crippen LogP contribution in [0.4, 0.5) is 5.69 Å². The number of rotatable bonds is 2. The minimum Gasteiger partial charge on any atom is -0.456 e. The SMILES string of the molecule is C[C@H]1CCc2c(ccc(Br)c2Oc2ccccc2)N1C. The van der Waals surface area contributed by atoms with Gasteiger partial charge in [0, 0.05) is 24.3 Å². The Bertz CT molecular complexity index is 612. The van der Waals surface area contributed by atoms with Gasteiger partial charge in [-0.25, -0.2) is 0 Å². The van der Waals surface area contributed by atoms with E-state index in [1.807, 2.05) is 30.3 Å². The van der Waals surface area contributed by atoms with E-state index in [0.717, 1.165) is 28.8 Å². The van der Waals surface area contributed by atoms with Gasteiger partial charge in [0.05, 0.1) is 4.47 Å². The lowest BCUT2D eigenvalue weighted by Gasteiger charge is -2.35. The number of fused-ring (bicyclic) bond motifs is 1. The Labute approximate surface area is 128 Å². The molecule has 1 heterocycles. The average Bonchev–Trinajstić information content (AvgIpc) is 2.47. The molecule has 0 radical (unpaired) electrons. The van der Waals surface area contributed by atoms with E-state index in [-0.39, 0.29) is 0 Å². The summed E-state index contributed by atoms with van der Waals surface area (Å²) < 4.78 is 7.13. The van der Waals surface area contributed by atoms with Crippen LogP contribution in [-0.2, 0) is 6.42 Å². The Morgan fingerprint density at radius 3 is 2.65 bits per heavy atom. The first-order valence-electron chi connectivity index (χ1n) is 6.94. The average molecular weight is 332 g/mol. The van der Waals surface area contributed by atoms with E-state index in [9.17, 15) is 0 Å². The fourth-order valence-electron chi connectivity index (χ4n) is 2.66. The third kappa shape index (κ3) is 2.42. The standard InChI is InChI=1S/C17H18BrNO/c1-12-8-9-14-16(19(12)2)11-10-15(18)17(14)20-13-6-4-3-5-7-13/h3-7,10-12H,8-9H2,1-2H3/t12-/m0/s1. The summed E-state index contributed by atoms with van der Waals surface area (Å²) >= 11 is 3.62. The summed E-state index contributed by atoms with van der Waals surface area (Å²) in [6.07, 6.45) is 2.22. The monoisotopic (exact) mass is 331 g/mol. The van der Waals surface area contributed by atoms with Gasteiger partial charge in [-0.1, -0.05) is 18.2 Å². The van der Waals surface area contributed by atoms with Crippen molar-refractivity contribution in [2.75, 3.05) is 11.9 Å². The van der Waals surface area contributed by atoms with Crippen LogP contribution in [0.3, 0.4) is 0 Å². The second-order valence-electron chi connectivity index (χ2n) is 5.29. The van der Waals surface area contributed by atoms with Crippen LogP contribution < -0.4 is 9.64 Å². The summed E-state index contributed by atoms with van der Waals surface area (Å²) in [5.74, 6) is 1.83. The second kappa shape index (κ2) is 5.49. The molecule has 20 heavy (non-hydrogen) atoms. The molecule has 0 amide bonds. The van der Waals surface area contributed by atoms with Gasteiger partial charge in [-0.05, 0) is 60.0 Å². The van der Waals surface area contributed by atoms with Gasteiger partial charge < -0.3 is 9.64 Å². The lowest BCUT2D eigenvalue weighted by molar-refractivity contribution is 0.466. The van der Waals surface area contributed by atoms with E-state index in [4.69, 9.17) is 4.74 Å². The van der Waals surface area contributed by atoms with Crippen molar-refractivity contribution < 1.29 is 4.74 Å². The quantitative estimate of drug-likeness (QED) is 0.766. The Balaban J connectivity index is 2.03. The smallest absolute Gasteiger partial charge is 0.146 e. The molecule has 104 valence electrons. The maximum Gasteiger partial charge on any atom is 0.146 e. The molecule has 0 saturated carbocycles. The third-order valence-electron chi connectivity index (χ3n) is 4.00. The first kappa shape index (κ1) is 13.5. The summed E-state index contributed by atoms with van der Waals surface area (Å²) in [5.41, 5.74) is 2.57. The number of para-hydroxylation sites is 1. The van der Waals surface area contributed by atoms with Crippen LogP contribution in [0.25, 0.3) is 0 Å². The largest absolute Gasteiger partial charge is 0.456 e. The van der Waals surface area contributed by atoms with E-state index in [0.29, 0.717) is 6.04 Å². The van der Waals surface area contributed by atoms with Crippen molar-refractivity contribution in [3.63, 3.8) is 0 Å². The van der Waals surface area contributed by atoms with Crippen LogP contribution in [0.15, 0.2) is 46.9 Å². The second-order valence-corrected chi connectivity index (χ2v) is 6.14. The van der Waals surface area contributed by atoms with Gasteiger partial charge in [0.25, 0.3) is 0 Å². The highest BCUT2D eigenvalue weighted by Crippen LogP contribution is 2.42. The third-order valence-corrected chi connectivity index (χ3v) is 4.63. The molecule has 0 fully saturated rings. The van der Waals surface area contributed by atoms with Crippen molar-refractivity contribution in [1.29, 1.82) is 0 Å². The first-order valence-corrected chi connectivity index (χ1v) is 7.73. The molecular formula is C17H18BrNO. The van der Waals surface area contributed by atoms with Gasteiger partial charge in [-0.3, -0.25) is 0 Å². The van der Waals surface area contributed by atoms with Crippen LogP contribution in [0.2, 0.25) is 0 Å². The van der Waals surface area contributed by atoms with E-state index in [1.165, 1.54) is 11.3 Å². The van der Waals surface area contributed by atoms with Crippen LogP contribution in [0.1, 0.15) is 18.9 Å². The molecule has 1 atom stereocenters. The fourth-order valence-corrected chi connectivity index (χ4v) is 3.11. The number of ether oxygens (including phenoxy) is 1. The molecule has 2 aromatic carbocycles. The Morgan fingerprint density at radius 1 is 1.15 bits per heavy atom. The van der Waals surface area contributed by atoms with Gasteiger partial charge in [0.15, 0.2) is 0 Å². The normalized spacial score (nSPS) is 17.8. The molecule has 0 unspecified atom stereocenters. The lowest BCUT2D eigenvalue weighted by Crippen LogP contribution is -2.33. The molecule has 2 nitrogen and oxygen atoms in total. The number of halogens is 1. The van der Waals surface area contributed by atoms with E-state index >= 15 is 0 Å². The topological polar surface area (TPSA) is 12.5 Å². The zero-order valence-corrected chi connectivity index (χ0v) is 13.4. The van der Waals surface area contributed by atoms with E-state index < -0.39 is 0 Å². The lowest BCUT2D eigenvalue weighted by atomic mass is 9.96. The van der Waals surface area contributed by atoms with Gasteiger partial charge in [-0.2, -0.15) is 0 Å². The predicted octanol–water partition coefficient (Wildman–Crippen LogP) is 5.01. The molecule has 0 aromatic heterocycles. The predicted molar refractivity (Wildman–Crippen MR) is 86.8 cm³/mol. The van der Waals surface area contributed by atoms with Crippen molar-refractivity contribution in [2.45, 2.75) is 25.8 Å². The van der Waals surface area contributed by atoms with Crippen molar-refractivity contribution in [2.24, 2.45) is 0 Å². The molecule has 1 aliphatic rings. The molecule has 2 aromatic rings. The van der Waals surface area contributed by atoms with Crippen LogP contribution in [0, 0.1) is 0 Å². The maximum atomic E-state index is 6.12. The summed E-state index contributed by atoms with van der Waals surface area (Å²) in [6, 6.07) is 14.8. The highest BCUT2D eigenvalue weighted by Gasteiger charge is 2.24. The number of nitrogens with zero attached hydrogens (tertiary/aromatic N) is 1. The first-order chi connectivity index (χ1) is 9.66. The van der Waals surface area contributed by atoms with Crippen molar-refractivity contribution in [3.05, 3.63) is 52.5 Å². The maximum absolute atomic E-state index is 6.12. The molecule has 1 aliphatic heterocycles. The van der Waals surface area contributed by atoms with Crippen LogP contribution in [-0.4, -0.2) is 13.1 Å². The van der Waals surface area contributed by atoms with E-state index in [1.54, 1.807) is 0 Å². The highest BCUT2D eigenvalue weighted by atomic mass is 79.9.